The Kier molecular flexibility index (Phi) is 6.29. The summed E-state index contributed by atoms with van der Waals surface area (Å²) in [6, 6.07) is 7.94. The quantitative estimate of drug-likeness (QED) is 0.475. The van der Waals surface area contributed by atoms with Crippen LogP contribution in [0.2, 0.25) is 0 Å². The second kappa shape index (κ2) is 7.01. The van der Waals surface area contributed by atoms with Gasteiger partial charge in [-0.3, -0.25) is 0 Å². The van der Waals surface area contributed by atoms with Crippen molar-refractivity contribution in [2.75, 3.05) is 0 Å². The second-order valence-corrected chi connectivity index (χ2v) is 2.60. The normalized spacial score (nSPS) is 10.1. The van der Waals surface area contributed by atoms with Gasteiger partial charge in [0, 0.05) is 0 Å². The van der Waals surface area contributed by atoms with E-state index in [9.17, 15) is 0 Å². The summed E-state index contributed by atoms with van der Waals surface area (Å²) in [4.78, 5) is 7.99. The van der Waals surface area contributed by atoms with Crippen molar-refractivity contribution in [3.63, 3.8) is 0 Å². The monoisotopic (exact) mass is 190 g/mol. The molecule has 14 heavy (non-hydrogen) atoms. The molecule has 0 aliphatic rings. The molecule has 0 amide bonds. The fourth-order valence-corrected chi connectivity index (χ4v) is 0.899. The predicted octanol–water partition coefficient (Wildman–Crippen LogP) is 3.77. The topological polar surface area (TPSA) is 24.7 Å². The fraction of sp³-hybridized carbons (Fsp3) is 0.333. The summed E-state index contributed by atoms with van der Waals surface area (Å²) in [6.07, 6.45) is 0. The van der Waals surface area contributed by atoms with Gasteiger partial charge in [-0.2, -0.15) is 0 Å². The molecule has 0 saturated carbocycles. The Balaban J connectivity index is 0.000000791. The van der Waals surface area contributed by atoms with Gasteiger partial charge in [0.05, 0.1) is 5.69 Å². The first-order valence-corrected chi connectivity index (χ1v) is 4.81. The largest absolute Gasteiger partial charge is 0.250 e. The van der Waals surface area contributed by atoms with Crippen molar-refractivity contribution in [3.05, 3.63) is 29.8 Å². The van der Waals surface area contributed by atoms with Gasteiger partial charge in [-0.1, -0.05) is 32.0 Å². The maximum absolute atomic E-state index is 4.26. The molecular weight excluding hydrogens is 172 g/mol. The zero-order valence-corrected chi connectivity index (χ0v) is 9.41. The number of amidine groups is 1. The van der Waals surface area contributed by atoms with Gasteiger partial charge in [-0.25, -0.2) is 9.98 Å². The Labute approximate surface area is 86.4 Å². The smallest absolute Gasteiger partial charge is 0.125 e. The van der Waals surface area contributed by atoms with Crippen molar-refractivity contribution in [1.29, 1.82) is 0 Å². The summed E-state index contributed by atoms with van der Waals surface area (Å²) >= 11 is 0. The Bertz CT molecular complexity index is 314. The van der Waals surface area contributed by atoms with Crippen LogP contribution in [-0.2, 0) is 0 Å². The molecule has 0 unspecified atom stereocenters. The maximum atomic E-state index is 4.26. The zero-order valence-electron chi connectivity index (χ0n) is 9.41. The third-order valence-electron chi connectivity index (χ3n) is 1.63. The Hall–Kier alpha value is -1.44. The van der Waals surface area contributed by atoms with Crippen LogP contribution in [0.3, 0.4) is 0 Å². The van der Waals surface area contributed by atoms with Crippen molar-refractivity contribution in [1.82, 2.24) is 0 Å². The average molecular weight is 190 g/mol. The van der Waals surface area contributed by atoms with E-state index in [-0.39, 0.29) is 0 Å². The van der Waals surface area contributed by atoms with Gasteiger partial charge >= 0.3 is 0 Å². The van der Waals surface area contributed by atoms with Gasteiger partial charge in [0.25, 0.3) is 0 Å². The van der Waals surface area contributed by atoms with Crippen LogP contribution in [0.5, 0.6) is 0 Å². The van der Waals surface area contributed by atoms with Crippen molar-refractivity contribution < 1.29 is 0 Å². The number of aryl methyl sites for hydroxylation is 1. The van der Waals surface area contributed by atoms with E-state index in [1.807, 2.05) is 52.0 Å². The highest BCUT2D eigenvalue weighted by atomic mass is 14.9. The molecule has 1 rings (SSSR count). The standard InChI is InChI=1S/C10H12N2.C2H6/c1-8-6-4-5-7-10(8)12-9(2)11-3;1-2/h4-7H,3H2,1-2H3;1-2H3. The molecule has 0 bridgehead atoms. The first-order chi connectivity index (χ1) is 6.74. The number of hydrogen-bond acceptors (Lipinski definition) is 1. The van der Waals surface area contributed by atoms with Crippen LogP contribution in [0.1, 0.15) is 26.3 Å². The summed E-state index contributed by atoms with van der Waals surface area (Å²) in [5, 5.41) is 0. The van der Waals surface area contributed by atoms with E-state index in [1.54, 1.807) is 0 Å². The summed E-state index contributed by atoms with van der Waals surface area (Å²) in [7, 11) is 0. The molecule has 0 fully saturated rings. The first kappa shape index (κ1) is 12.6. The lowest BCUT2D eigenvalue weighted by atomic mass is 10.2. The Morgan fingerprint density at radius 3 is 2.29 bits per heavy atom. The minimum absolute atomic E-state index is 0.698. The SMILES string of the molecule is C=NC(C)=Nc1ccccc1C.CC. The maximum Gasteiger partial charge on any atom is 0.125 e. The van der Waals surface area contributed by atoms with Crippen molar-refractivity contribution in [2.24, 2.45) is 9.98 Å². The van der Waals surface area contributed by atoms with E-state index in [1.165, 1.54) is 0 Å². The molecule has 0 spiro atoms. The third kappa shape index (κ3) is 3.99. The van der Waals surface area contributed by atoms with E-state index < -0.39 is 0 Å². The highest BCUT2D eigenvalue weighted by Crippen LogP contribution is 2.17. The zero-order chi connectivity index (χ0) is 11.0. The average Bonchev–Trinajstić information content (AvgIpc) is 2.24. The molecule has 0 radical (unpaired) electrons. The minimum atomic E-state index is 0.698. The van der Waals surface area contributed by atoms with Gasteiger partial charge in [0.1, 0.15) is 5.84 Å². The van der Waals surface area contributed by atoms with Crippen LogP contribution in [0.25, 0.3) is 0 Å². The molecule has 0 aromatic heterocycles. The number of benzene rings is 1. The lowest BCUT2D eigenvalue weighted by Crippen LogP contribution is -1.82. The van der Waals surface area contributed by atoms with E-state index in [4.69, 9.17) is 0 Å². The molecular formula is C12H18N2. The van der Waals surface area contributed by atoms with Gasteiger partial charge < -0.3 is 0 Å². The summed E-state index contributed by atoms with van der Waals surface area (Å²) < 4.78 is 0. The van der Waals surface area contributed by atoms with Crippen LogP contribution in [0.15, 0.2) is 34.3 Å². The lowest BCUT2D eigenvalue weighted by molar-refractivity contribution is 1.37. The van der Waals surface area contributed by atoms with Crippen molar-refractivity contribution in [3.8, 4) is 0 Å². The van der Waals surface area contributed by atoms with E-state index in [2.05, 4.69) is 16.7 Å². The van der Waals surface area contributed by atoms with E-state index in [0.29, 0.717) is 5.84 Å². The highest BCUT2D eigenvalue weighted by Gasteiger charge is 1.93. The summed E-state index contributed by atoms with van der Waals surface area (Å²) in [5.74, 6) is 0.698. The number of hydrogen-bond donors (Lipinski definition) is 0. The van der Waals surface area contributed by atoms with Gasteiger partial charge in [0.15, 0.2) is 0 Å². The van der Waals surface area contributed by atoms with Crippen LogP contribution >= 0.6 is 0 Å². The van der Waals surface area contributed by atoms with Crippen molar-refractivity contribution in [2.45, 2.75) is 27.7 Å². The van der Waals surface area contributed by atoms with Crippen LogP contribution in [0, 0.1) is 6.92 Å². The molecule has 2 heteroatoms. The molecule has 0 atom stereocenters. The Morgan fingerprint density at radius 1 is 1.21 bits per heavy atom. The molecule has 1 aromatic carbocycles. The lowest BCUT2D eigenvalue weighted by Gasteiger charge is -1.98. The second-order valence-electron chi connectivity index (χ2n) is 2.60. The predicted molar refractivity (Wildman–Crippen MR) is 64.8 cm³/mol. The molecule has 2 nitrogen and oxygen atoms in total. The van der Waals surface area contributed by atoms with Gasteiger partial charge in [-0.05, 0) is 32.2 Å². The molecule has 76 valence electrons. The number of aliphatic imine (C=N–C) groups is 2. The molecule has 0 N–H and O–H groups in total. The molecule has 0 heterocycles. The fourth-order valence-electron chi connectivity index (χ4n) is 0.899. The minimum Gasteiger partial charge on any atom is -0.250 e. The molecule has 0 aliphatic carbocycles. The number of para-hydroxylation sites is 1. The first-order valence-electron chi connectivity index (χ1n) is 4.81. The highest BCUT2D eigenvalue weighted by molar-refractivity contribution is 5.86. The number of rotatable bonds is 1. The summed E-state index contributed by atoms with van der Waals surface area (Å²) in [6.45, 7) is 11.3. The Morgan fingerprint density at radius 2 is 1.79 bits per heavy atom. The number of nitrogens with zero attached hydrogens (tertiary/aromatic N) is 2. The van der Waals surface area contributed by atoms with Gasteiger partial charge in [-0.15, -0.1) is 0 Å². The third-order valence-corrected chi connectivity index (χ3v) is 1.63. The van der Waals surface area contributed by atoms with Crippen molar-refractivity contribution >= 4 is 18.2 Å². The van der Waals surface area contributed by atoms with E-state index in [0.717, 1.165) is 11.3 Å². The molecule has 0 saturated heterocycles. The molecule has 0 aliphatic heterocycles. The van der Waals surface area contributed by atoms with Gasteiger partial charge in [0.2, 0.25) is 0 Å². The molecule has 1 aromatic rings. The summed E-state index contributed by atoms with van der Waals surface area (Å²) in [5.41, 5.74) is 2.11. The van der Waals surface area contributed by atoms with E-state index >= 15 is 0 Å². The van der Waals surface area contributed by atoms with Crippen LogP contribution in [-0.4, -0.2) is 12.6 Å². The van der Waals surface area contributed by atoms with Crippen LogP contribution < -0.4 is 0 Å². The van der Waals surface area contributed by atoms with Crippen LogP contribution in [0.4, 0.5) is 5.69 Å².